The van der Waals surface area contributed by atoms with Gasteiger partial charge in [0.25, 0.3) is 5.91 Å². The van der Waals surface area contributed by atoms with Crippen molar-refractivity contribution in [2.75, 3.05) is 6.54 Å². The summed E-state index contributed by atoms with van der Waals surface area (Å²) in [4.78, 5) is 12.1. The van der Waals surface area contributed by atoms with Crippen LogP contribution in [0, 0.1) is 6.92 Å². The first-order valence-corrected chi connectivity index (χ1v) is 7.78. The fourth-order valence-corrected chi connectivity index (χ4v) is 2.37. The average Bonchev–Trinajstić information content (AvgIpc) is 2.51. The molecule has 0 heterocycles. The first kappa shape index (κ1) is 16.4. The van der Waals surface area contributed by atoms with E-state index in [4.69, 9.17) is 11.6 Å². The number of aromatic hydroxyl groups is 1. The van der Waals surface area contributed by atoms with Crippen molar-refractivity contribution in [1.82, 2.24) is 5.32 Å². The van der Waals surface area contributed by atoms with Gasteiger partial charge in [-0.1, -0.05) is 37.1 Å². The number of hydrogen-bond acceptors (Lipinski definition) is 2. The molecule has 2 rings (SSSR count). The molecule has 3 nitrogen and oxygen atoms in total. The van der Waals surface area contributed by atoms with Crippen molar-refractivity contribution in [2.24, 2.45) is 0 Å². The monoisotopic (exact) mass is 317 g/mol. The van der Waals surface area contributed by atoms with E-state index in [9.17, 15) is 9.90 Å². The van der Waals surface area contributed by atoms with Gasteiger partial charge in [-0.2, -0.15) is 0 Å². The molecule has 0 unspecified atom stereocenters. The van der Waals surface area contributed by atoms with E-state index in [1.807, 2.05) is 13.0 Å². The summed E-state index contributed by atoms with van der Waals surface area (Å²) in [6.45, 7) is 4.58. The number of carbonyl (C=O) groups is 1. The summed E-state index contributed by atoms with van der Waals surface area (Å²) in [5.74, 6) is 0.0541. The highest BCUT2D eigenvalue weighted by atomic mass is 35.5. The van der Waals surface area contributed by atoms with E-state index < -0.39 is 0 Å². The predicted molar refractivity (Wildman–Crippen MR) is 90.5 cm³/mol. The van der Waals surface area contributed by atoms with Crippen molar-refractivity contribution in [2.45, 2.75) is 26.7 Å². The van der Waals surface area contributed by atoms with Crippen LogP contribution in [-0.2, 0) is 0 Å². The molecule has 0 aliphatic heterocycles. The molecule has 0 saturated carbocycles. The quantitative estimate of drug-likeness (QED) is 0.795. The van der Waals surface area contributed by atoms with Crippen LogP contribution in [0.2, 0.25) is 5.02 Å². The van der Waals surface area contributed by atoms with Crippen molar-refractivity contribution in [3.63, 3.8) is 0 Å². The summed E-state index contributed by atoms with van der Waals surface area (Å²) in [6, 6.07) is 10.5. The number of unbranched alkanes of at least 4 members (excludes halogenated alkanes) is 1. The van der Waals surface area contributed by atoms with E-state index in [0.717, 1.165) is 24.0 Å². The van der Waals surface area contributed by atoms with Gasteiger partial charge in [-0.15, -0.1) is 0 Å². The molecular weight excluding hydrogens is 298 g/mol. The molecule has 22 heavy (non-hydrogen) atoms. The molecule has 0 saturated heterocycles. The fraction of sp³-hybridized carbons (Fsp3) is 0.278. The maximum atomic E-state index is 12.1. The van der Waals surface area contributed by atoms with Gasteiger partial charge in [-0.3, -0.25) is 4.79 Å². The number of aryl methyl sites for hydroxylation is 1. The van der Waals surface area contributed by atoms with Crippen LogP contribution in [0.15, 0.2) is 36.4 Å². The number of benzene rings is 2. The van der Waals surface area contributed by atoms with Crippen LogP contribution < -0.4 is 5.32 Å². The molecule has 0 atom stereocenters. The molecule has 1 amide bonds. The zero-order valence-corrected chi connectivity index (χ0v) is 13.6. The Morgan fingerprint density at radius 3 is 2.77 bits per heavy atom. The maximum absolute atomic E-state index is 12.1. The third-order valence-electron chi connectivity index (χ3n) is 3.53. The second kappa shape index (κ2) is 7.32. The summed E-state index contributed by atoms with van der Waals surface area (Å²) >= 11 is 6.13. The molecule has 0 aromatic heterocycles. The van der Waals surface area contributed by atoms with Crippen molar-refractivity contribution in [3.05, 3.63) is 52.5 Å². The molecule has 2 N–H and O–H groups in total. The molecular formula is C18H20ClNO2. The van der Waals surface area contributed by atoms with Gasteiger partial charge in [0, 0.05) is 22.7 Å². The van der Waals surface area contributed by atoms with Gasteiger partial charge < -0.3 is 10.4 Å². The third-order valence-corrected chi connectivity index (χ3v) is 3.94. The SMILES string of the molecule is CCCCNC(=O)c1cccc(-c2cc(Cl)c(C)cc2O)c1. The van der Waals surface area contributed by atoms with E-state index in [-0.39, 0.29) is 11.7 Å². The van der Waals surface area contributed by atoms with E-state index in [2.05, 4.69) is 12.2 Å². The Hall–Kier alpha value is -2.00. The lowest BCUT2D eigenvalue weighted by Gasteiger charge is -2.10. The van der Waals surface area contributed by atoms with E-state index >= 15 is 0 Å². The summed E-state index contributed by atoms with van der Waals surface area (Å²) in [7, 11) is 0. The first-order chi connectivity index (χ1) is 10.5. The molecule has 0 bridgehead atoms. The second-order valence-corrected chi connectivity index (χ2v) is 5.72. The molecule has 0 aliphatic rings. The average molecular weight is 318 g/mol. The summed E-state index contributed by atoms with van der Waals surface area (Å²) < 4.78 is 0. The number of phenols is 1. The fourth-order valence-electron chi connectivity index (χ4n) is 2.21. The third kappa shape index (κ3) is 3.80. The first-order valence-electron chi connectivity index (χ1n) is 7.40. The van der Waals surface area contributed by atoms with Crippen LogP contribution >= 0.6 is 11.6 Å². The zero-order chi connectivity index (χ0) is 16.1. The largest absolute Gasteiger partial charge is 0.507 e. The number of rotatable bonds is 5. The van der Waals surface area contributed by atoms with E-state index in [1.54, 1.807) is 30.3 Å². The Kier molecular flexibility index (Phi) is 5.45. The Morgan fingerprint density at radius 2 is 2.05 bits per heavy atom. The Morgan fingerprint density at radius 1 is 1.27 bits per heavy atom. The zero-order valence-electron chi connectivity index (χ0n) is 12.8. The number of amides is 1. The standard InChI is InChI=1S/C18H20ClNO2/c1-3-4-8-20-18(22)14-7-5-6-13(10-14)15-11-16(19)12(2)9-17(15)21/h5-7,9-11,21H,3-4,8H2,1-2H3,(H,20,22). The normalized spacial score (nSPS) is 10.5. The molecule has 0 fully saturated rings. The smallest absolute Gasteiger partial charge is 0.251 e. The molecule has 0 aliphatic carbocycles. The lowest BCUT2D eigenvalue weighted by Crippen LogP contribution is -2.24. The molecule has 0 spiro atoms. The van der Waals surface area contributed by atoms with Gasteiger partial charge in [0.15, 0.2) is 0 Å². The van der Waals surface area contributed by atoms with Gasteiger partial charge >= 0.3 is 0 Å². The minimum absolute atomic E-state index is 0.104. The topological polar surface area (TPSA) is 49.3 Å². The summed E-state index contributed by atoms with van der Waals surface area (Å²) in [5, 5.41) is 13.6. The van der Waals surface area contributed by atoms with Crippen molar-refractivity contribution in [1.29, 1.82) is 0 Å². The van der Waals surface area contributed by atoms with Crippen LogP contribution in [0.3, 0.4) is 0 Å². The molecule has 2 aromatic carbocycles. The van der Waals surface area contributed by atoms with E-state index in [0.29, 0.717) is 22.7 Å². The summed E-state index contributed by atoms with van der Waals surface area (Å²) in [6.07, 6.45) is 2.00. The lowest BCUT2D eigenvalue weighted by molar-refractivity contribution is 0.0953. The van der Waals surface area contributed by atoms with Crippen molar-refractivity contribution < 1.29 is 9.90 Å². The molecule has 0 radical (unpaired) electrons. The van der Waals surface area contributed by atoms with Crippen molar-refractivity contribution >= 4 is 17.5 Å². The Labute approximate surface area is 135 Å². The minimum Gasteiger partial charge on any atom is -0.507 e. The van der Waals surface area contributed by atoms with Gasteiger partial charge in [-0.25, -0.2) is 0 Å². The van der Waals surface area contributed by atoms with Gasteiger partial charge in [0.1, 0.15) is 5.75 Å². The van der Waals surface area contributed by atoms with Crippen LogP contribution in [0.1, 0.15) is 35.7 Å². The minimum atomic E-state index is -0.104. The molecule has 4 heteroatoms. The molecule has 116 valence electrons. The van der Waals surface area contributed by atoms with Crippen LogP contribution in [0.5, 0.6) is 5.75 Å². The van der Waals surface area contributed by atoms with Crippen LogP contribution in [0.25, 0.3) is 11.1 Å². The maximum Gasteiger partial charge on any atom is 0.251 e. The summed E-state index contributed by atoms with van der Waals surface area (Å²) in [5.41, 5.74) is 2.78. The molecule has 2 aromatic rings. The van der Waals surface area contributed by atoms with Gasteiger partial charge in [-0.05, 0) is 48.7 Å². The Balaban J connectivity index is 2.29. The number of phenolic OH excluding ortho intramolecular Hbond substituents is 1. The highest BCUT2D eigenvalue weighted by molar-refractivity contribution is 6.31. The van der Waals surface area contributed by atoms with Gasteiger partial charge in [0.05, 0.1) is 0 Å². The van der Waals surface area contributed by atoms with E-state index in [1.165, 1.54) is 0 Å². The number of halogens is 1. The highest BCUT2D eigenvalue weighted by Gasteiger charge is 2.11. The second-order valence-electron chi connectivity index (χ2n) is 5.31. The lowest BCUT2D eigenvalue weighted by atomic mass is 10.0. The predicted octanol–water partition coefficient (Wildman–Crippen LogP) is 4.55. The number of carbonyl (C=O) groups excluding carboxylic acids is 1. The number of nitrogens with one attached hydrogen (secondary N) is 1. The Bertz CT molecular complexity index is 683. The van der Waals surface area contributed by atoms with Crippen LogP contribution in [0.4, 0.5) is 0 Å². The van der Waals surface area contributed by atoms with Crippen LogP contribution in [-0.4, -0.2) is 17.6 Å². The van der Waals surface area contributed by atoms with Crippen molar-refractivity contribution in [3.8, 4) is 16.9 Å². The highest BCUT2D eigenvalue weighted by Crippen LogP contribution is 2.34. The van der Waals surface area contributed by atoms with Gasteiger partial charge in [0.2, 0.25) is 0 Å². The number of hydrogen-bond donors (Lipinski definition) is 2.